The van der Waals surface area contributed by atoms with Crippen LogP contribution in [0.3, 0.4) is 0 Å². The maximum Gasteiger partial charge on any atom is 0.264 e. The summed E-state index contributed by atoms with van der Waals surface area (Å²) in [5, 5.41) is 0. The number of hydrogen-bond donors (Lipinski definition) is 1. The third-order valence-electron chi connectivity index (χ3n) is 4.91. The minimum atomic E-state index is -3.72. The zero-order chi connectivity index (χ0) is 23.1. The smallest absolute Gasteiger partial charge is 0.264 e. The summed E-state index contributed by atoms with van der Waals surface area (Å²) in [4.78, 5) is 2.57. The van der Waals surface area contributed by atoms with Crippen molar-refractivity contribution in [3.05, 3.63) is 96.1 Å². The highest BCUT2D eigenvalue weighted by Gasteiger charge is 2.02. The van der Waals surface area contributed by atoms with Crippen molar-refractivity contribution in [3.8, 4) is 0 Å². The molecular formula is C27H34O3S2. The van der Waals surface area contributed by atoms with Crippen molar-refractivity contribution >= 4 is 21.9 Å². The largest absolute Gasteiger partial charge is 0.286 e. The highest BCUT2D eigenvalue weighted by atomic mass is 32.2. The van der Waals surface area contributed by atoms with Crippen LogP contribution >= 0.6 is 11.8 Å². The van der Waals surface area contributed by atoms with E-state index in [2.05, 4.69) is 85.8 Å². The molecule has 1 N–H and O–H groups in total. The van der Waals surface area contributed by atoms with Crippen LogP contribution in [0.15, 0.2) is 94.7 Å². The van der Waals surface area contributed by atoms with Gasteiger partial charge in [-0.1, -0.05) is 111 Å². The monoisotopic (exact) mass is 470 g/mol. The Kier molecular flexibility index (Phi) is 12.2. The van der Waals surface area contributed by atoms with E-state index in [1.165, 1.54) is 40.2 Å². The lowest BCUT2D eigenvalue weighted by Crippen LogP contribution is -2.03. The molecule has 0 fully saturated rings. The third kappa shape index (κ3) is 12.1. The Labute approximate surface area is 198 Å². The molecule has 3 aromatic rings. The molecule has 5 heteroatoms. The summed E-state index contributed by atoms with van der Waals surface area (Å²) in [6.45, 7) is 2.14. The zero-order valence-electron chi connectivity index (χ0n) is 18.8. The summed E-state index contributed by atoms with van der Waals surface area (Å²) in [5.74, 6) is -0.0842. The van der Waals surface area contributed by atoms with E-state index in [0.717, 1.165) is 19.3 Å². The molecule has 0 saturated carbocycles. The molecule has 0 atom stereocenters. The van der Waals surface area contributed by atoms with Crippen molar-refractivity contribution in [2.24, 2.45) is 0 Å². The molecule has 0 spiro atoms. The second kappa shape index (κ2) is 14.9. The number of benzene rings is 3. The SMILES string of the molecule is CCCCCCCCS(=O)(=O)O.c1ccc(Cc2ccc(Sc3ccccc3)cc2)cc1. The van der Waals surface area contributed by atoms with Gasteiger partial charge >= 0.3 is 0 Å². The first-order chi connectivity index (χ1) is 15.5. The predicted molar refractivity (Wildman–Crippen MR) is 136 cm³/mol. The topological polar surface area (TPSA) is 54.4 Å². The molecule has 0 heterocycles. The Balaban J connectivity index is 0.000000262. The molecule has 172 valence electrons. The van der Waals surface area contributed by atoms with Crippen LogP contribution in [0.2, 0.25) is 0 Å². The van der Waals surface area contributed by atoms with Gasteiger partial charge in [-0.3, -0.25) is 4.55 Å². The van der Waals surface area contributed by atoms with Crippen molar-refractivity contribution in [1.82, 2.24) is 0 Å². The van der Waals surface area contributed by atoms with Crippen molar-refractivity contribution in [3.63, 3.8) is 0 Å². The fraction of sp³-hybridized carbons (Fsp3) is 0.333. The molecule has 32 heavy (non-hydrogen) atoms. The Morgan fingerprint density at radius 3 is 1.75 bits per heavy atom. The van der Waals surface area contributed by atoms with E-state index in [1.807, 2.05) is 6.07 Å². The summed E-state index contributed by atoms with van der Waals surface area (Å²) < 4.78 is 28.9. The zero-order valence-corrected chi connectivity index (χ0v) is 20.5. The van der Waals surface area contributed by atoms with Gasteiger partial charge in [0.15, 0.2) is 0 Å². The van der Waals surface area contributed by atoms with E-state index in [4.69, 9.17) is 4.55 Å². The van der Waals surface area contributed by atoms with Crippen LogP contribution in [0.1, 0.15) is 56.6 Å². The van der Waals surface area contributed by atoms with Crippen LogP contribution in [0.5, 0.6) is 0 Å². The first-order valence-corrected chi connectivity index (χ1v) is 13.7. The lowest BCUT2D eigenvalue weighted by molar-refractivity contribution is 0.478. The molecule has 0 bridgehead atoms. The minimum absolute atomic E-state index is 0.0842. The molecule has 0 radical (unpaired) electrons. The van der Waals surface area contributed by atoms with E-state index in [0.29, 0.717) is 6.42 Å². The molecular weight excluding hydrogens is 436 g/mol. The second-order valence-corrected chi connectivity index (χ2v) is 10.5. The van der Waals surface area contributed by atoms with Crippen molar-refractivity contribution in [2.45, 2.75) is 61.7 Å². The molecule has 0 saturated heterocycles. The van der Waals surface area contributed by atoms with Crippen molar-refractivity contribution in [1.29, 1.82) is 0 Å². The highest BCUT2D eigenvalue weighted by Crippen LogP contribution is 2.27. The lowest BCUT2D eigenvalue weighted by atomic mass is 10.1. The standard InChI is InChI=1S/C19H16S.C8H18O3S/c1-3-7-16(8-4-1)15-17-11-13-19(14-12-17)20-18-9-5-2-6-10-18;1-2-3-4-5-6-7-8-12(9,10)11/h1-14H,15H2;2-8H2,1H3,(H,9,10,11). The lowest BCUT2D eigenvalue weighted by Gasteiger charge is -2.04. The molecule has 0 aromatic heterocycles. The van der Waals surface area contributed by atoms with Crippen LogP contribution in [0.4, 0.5) is 0 Å². The number of unbranched alkanes of at least 4 members (excludes halogenated alkanes) is 5. The van der Waals surface area contributed by atoms with Gasteiger partial charge in [0.2, 0.25) is 0 Å². The maximum atomic E-state index is 10.3. The first-order valence-electron chi connectivity index (χ1n) is 11.3. The Morgan fingerprint density at radius 1 is 0.656 bits per heavy atom. The average molecular weight is 471 g/mol. The van der Waals surface area contributed by atoms with Crippen LogP contribution < -0.4 is 0 Å². The third-order valence-corrected chi connectivity index (χ3v) is 6.73. The molecule has 3 nitrogen and oxygen atoms in total. The van der Waals surface area contributed by atoms with Gasteiger partial charge in [-0.2, -0.15) is 8.42 Å². The summed E-state index contributed by atoms with van der Waals surface area (Å²) in [6.07, 6.45) is 7.13. The van der Waals surface area contributed by atoms with Crippen LogP contribution in [0, 0.1) is 0 Å². The van der Waals surface area contributed by atoms with Gasteiger partial charge in [-0.25, -0.2) is 0 Å². The van der Waals surface area contributed by atoms with E-state index in [9.17, 15) is 8.42 Å². The van der Waals surface area contributed by atoms with Gasteiger partial charge < -0.3 is 0 Å². The molecule has 0 aliphatic rings. The Morgan fingerprint density at radius 2 is 1.16 bits per heavy atom. The van der Waals surface area contributed by atoms with Crippen LogP contribution in [-0.4, -0.2) is 18.7 Å². The van der Waals surface area contributed by atoms with Gasteiger partial charge in [0.25, 0.3) is 10.1 Å². The molecule has 0 unspecified atom stereocenters. The minimum Gasteiger partial charge on any atom is -0.286 e. The molecule has 0 amide bonds. The van der Waals surface area contributed by atoms with E-state index < -0.39 is 10.1 Å². The highest BCUT2D eigenvalue weighted by molar-refractivity contribution is 7.99. The van der Waals surface area contributed by atoms with Gasteiger partial charge in [0, 0.05) is 9.79 Å². The van der Waals surface area contributed by atoms with Crippen LogP contribution in [0.25, 0.3) is 0 Å². The predicted octanol–water partition coefficient (Wildman–Crippen LogP) is 7.66. The fourth-order valence-electron chi connectivity index (χ4n) is 3.20. The van der Waals surface area contributed by atoms with Gasteiger partial charge in [0.05, 0.1) is 5.75 Å². The van der Waals surface area contributed by atoms with Gasteiger partial charge in [-0.05, 0) is 48.2 Å². The maximum absolute atomic E-state index is 10.3. The first kappa shape index (κ1) is 26.2. The summed E-state index contributed by atoms with van der Waals surface area (Å²) >= 11 is 1.80. The van der Waals surface area contributed by atoms with Gasteiger partial charge in [-0.15, -0.1) is 0 Å². The number of rotatable bonds is 11. The molecule has 0 aliphatic carbocycles. The van der Waals surface area contributed by atoms with Crippen molar-refractivity contribution in [2.75, 3.05) is 5.75 Å². The summed E-state index contributed by atoms with van der Waals surface area (Å²) in [6, 6.07) is 29.9. The number of hydrogen-bond acceptors (Lipinski definition) is 3. The van der Waals surface area contributed by atoms with E-state index >= 15 is 0 Å². The fourth-order valence-corrected chi connectivity index (χ4v) is 4.60. The normalized spacial score (nSPS) is 10.9. The second-order valence-electron chi connectivity index (χ2n) is 7.78. The Hall–Kier alpha value is -2.08. The van der Waals surface area contributed by atoms with Gasteiger partial charge in [0.1, 0.15) is 0 Å². The Bertz CT molecular complexity index is 910. The van der Waals surface area contributed by atoms with E-state index in [-0.39, 0.29) is 5.75 Å². The quantitative estimate of drug-likeness (QED) is 0.231. The molecule has 3 aromatic carbocycles. The van der Waals surface area contributed by atoms with E-state index in [1.54, 1.807) is 11.8 Å². The van der Waals surface area contributed by atoms with Crippen molar-refractivity contribution < 1.29 is 13.0 Å². The summed E-state index contributed by atoms with van der Waals surface area (Å²) in [7, 11) is -3.72. The van der Waals surface area contributed by atoms with Crippen LogP contribution in [-0.2, 0) is 16.5 Å². The molecule has 3 rings (SSSR count). The average Bonchev–Trinajstić information content (AvgIpc) is 2.79. The molecule has 0 aliphatic heterocycles. The summed E-state index contributed by atoms with van der Waals surface area (Å²) in [5.41, 5.74) is 2.71.